The minimum Gasteiger partial charge on any atom is -0.497 e. The van der Waals surface area contributed by atoms with Crippen molar-refractivity contribution >= 4 is 0 Å². The van der Waals surface area contributed by atoms with Crippen LogP contribution in [0.4, 0.5) is 0 Å². The Morgan fingerprint density at radius 3 is 2.25 bits per heavy atom. The standard InChI is InChI=1S/C14H21NO/c1-10(2)15-14(11-4-5-11)12-6-8-13(16-3)9-7-12/h6-11,14-15H,4-5H2,1-3H3/t14-/m1/s1. The summed E-state index contributed by atoms with van der Waals surface area (Å²) in [5.41, 5.74) is 1.39. The molecule has 1 aromatic rings. The zero-order chi connectivity index (χ0) is 11.5. The van der Waals surface area contributed by atoms with E-state index in [2.05, 4.69) is 31.3 Å². The summed E-state index contributed by atoms with van der Waals surface area (Å²) in [5.74, 6) is 1.76. The number of nitrogens with one attached hydrogen (secondary N) is 1. The Balaban J connectivity index is 2.11. The quantitative estimate of drug-likeness (QED) is 0.821. The maximum Gasteiger partial charge on any atom is 0.118 e. The molecule has 0 aliphatic heterocycles. The second kappa shape index (κ2) is 4.88. The Labute approximate surface area is 98.0 Å². The molecule has 2 heteroatoms. The van der Waals surface area contributed by atoms with Gasteiger partial charge in [0.1, 0.15) is 5.75 Å². The van der Waals surface area contributed by atoms with Gasteiger partial charge in [0.25, 0.3) is 0 Å². The molecule has 2 rings (SSSR count). The highest BCUT2D eigenvalue weighted by atomic mass is 16.5. The summed E-state index contributed by atoms with van der Waals surface area (Å²) in [7, 11) is 1.71. The zero-order valence-corrected chi connectivity index (χ0v) is 10.4. The number of ether oxygens (including phenoxy) is 1. The fraction of sp³-hybridized carbons (Fsp3) is 0.571. The first-order valence-corrected chi connectivity index (χ1v) is 6.10. The lowest BCUT2D eigenvalue weighted by atomic mass is 10.0. The molecule has 0 bridgehead atoms. The summed E-state index contributed by atoms with van der Waals surface area (Å²) < 4.78 is 5.19. The van der Waals surface area contributed by atoms with Crippen molar-refractivity contribution in [2.24, 2.45) is 5.92 Å². The third-order valence-corrected chi connectivity index (χ3v) is 3.08. The van der Waals surface area contributed by atoms with Crippen LogP contribution in [-0.4, -0.2) is 13.2 Å². The molecule has 1 fully saturated rings. The van der Waals surface area contributed by atoms with Crippen LogP contribution in [0.15, 0.2) is 24.3 Å². The SMILES string of the molecule is COc1ccc([C@H](NC(C)C)C2CC2)cc1. The van der Waals surface area contributed by atoms with Crippen LogP contribution in [0.1, 0.15) is 38.3 Å². The summed E-state index contributed by atoms with van der Waals surface area (Å²) in [6.07, 6.45) is 2.72. The van der Waals surface area contributed by atoms with Crippen molar-refractivity contribution in [1.82, 2.24) is 5.32 Å². The van der Waals surface area contributed by atoms with E-state index in [1.165, 1.54) is 18.4 Å². The summed E-state index contributed by atoms with van der Waals surface area (Å²) in [6.45, 7) is 4.41. The number of rotatable bonds is 5. The van der Waals surface area contributed by atoms with Crippen molar-refractivity contribution in [3.8, 4) is 5.75 Å². The zero-order valence-electron chi connectivity index (χ0n) is 10.4. The summed E-state index contributed by atoms with van der Waals surface area (Å²) in [4.78, 5) is 0. The van der Waals surface area contributed by atoms with Gasteiger partial charge in [0.2, 0.25) is 0 Å². The minimum absolute atomic E-state index is 0.519. The molecule has 1 aliphatic rings. The molecule has 0 amide bonds. The first-order valence-electron chi connectivity index (χ1n) is 6.10. The molecule has 0 unspecified atom stereocenters. The Hall–Kier alpha value is -1.02. The van der Waals surface area contributed by atoms with Crippen LogP contribution in [0.5, 0.6) is 5.75 Å². The molecule has 0 radical (unpaired) electrons. The van der Waals surface area contributed by atoms with Gasteiger partial charge in [-0.3, -0.25) is 0 Å². The number of hydrogen-bond acceptors (Lipinski definition) is 2. The molecule has 1 N–H and O–H groups in total. The fourth-order valence-corrected chi connectivity index (χ4v) is 2.10. The van der Waals surface area contributed by atoms with Crippen LogP contribution in [0.25, 0.3) is 0 Å². The van der Waals surface area contributed by atoms with E-state index in [9.17, 15) is 0 Å². The second-order valence-electron chi connectivity index (χ2n) is 4.91. The summed E-state index contributed by atoms with van der Waals surface area (Å²) >= 11 is 0. The van der Waals surface area contributed by atoms with Gasteiger partial charge in [-0.1, -0.05) is 26.0 Å². The molecule has 0 aromatic heterocycles. The summed E-state index contributed by atoms with van der Waals surface area (Å²) in [5, 5.41) is 3.65. The molecular formula is C14H21NO. The molecule has 0 spiro atoms. The molecule has 1 atom stereocenters. The van der Waals surface area contributed by atoms with Crippen molar-refractivity contribution < 1.29 is 4.74 Å². The highest BCUT2D eigenvalue weighted by molar-refractivity contribution is 5.30. The lowest BCUT2D eigenvalue weighted by Gasteiger charge is -2.21. The van der Waals surface area contributed by atoms with Gasteiger partial charge in [0.05, 0.1) is 7.11 Å². The largest absolute Gasteiger partial charge is 0.497 e. The van der Waals surface area contributed by atoms with Crippen molar-refractivity contribution in [3.63, 3.8) is 0 Å². The maximum atomic E-state index is 5.19. The molecule has 2 nitrogen and oxygen atoms in total. The number of hydrogen-bond donors (Lipinski definition) is 1. The fourth-order valence-electron chi connectivity index (χ4n) is 2.10. The predicted molar refractivity (Wildman–Crippen MR) is 66.7 cm³/mol. The normalized spacial score (nSPS) is 17.5. The number of benzene rings is 1. The van der Waals surface area contributed by atoms with Crippen LogP contribution >= 0.6 is 0 Å². The van der Waals surface area contributed by atoms with E-state index in [4.69, 9.17) is 4.74 Å². The van der Waals surface area contributed by atoms with E-state index >= 15 is 0 Å². The average molecular weight is 219 g/mol. The third kappa shape index (κ3) is 2.76. The Kier molecular flexibility index (Phi) is 3.49. The highest BCUT2D eigenvalue weighted by Crippen LogP contribution is 2.41. The van der Waals surface area contributed by atoms with Crippen LogP contribution in [0.2, 0.25) is 0 Å². The third-order valence-electron chi connectivity index (χ3n) is 3.08. The van der Waals surface area contributed by atoms with Gasteiger partial charge in [-0.15, -0.1) is 0 Å². The van der Waals surface area contributed by atoms with Crippen molar-refractivity contribution in [3.05, 3.63) is 29.8 Å². The first-order chi connectivity index (χ1) is 7.70. The smallest absolute Gasteiger partial charge is 0.118 e. The first kappa shape index (κ1) is 11.5. The van der Waals surface area contributed by atoms with Gasteiger partial charge in [0.15, 0.2) is 0 Å². The Bertz CT molecular complexity index is 327. The molecule has 0 saturated heterocycles. The average Bonchev–Trinajstić information content (AvgIpc) is 3.10. The Morgan fingerprint density at radius 1 is 1.19 bits per heavy atom. The molecule has 16 heavy (non-hydrogen) atoms. The van der Waals surface area contributed by atoms with Crippen LogP contribution in [0.3, 0.4) is 0 Å². The lowest BCUT2D eigenvalue weighted by molar-refractivity contribution is 0.412. The molecule has 1 aromatic carbocycles. The van der Waals surface area contributed by atoms with E-state index < -0.39 is 0 Å². The predicted octanol–water partition coefficient (Wildman–Crippen LogP) is 3.14. The van der Waals surface area contributed by atoms with E-state index in [-0.39, 0.29) is 0 Å². The summed E-state index contributed by atoms with van der Waals surface area (Å²) in [6, 6.07) is 9.51. The topological polar surface area (TPSA) is 21.3 Å². The highest BCUT2D eigenvalue weighted by Gasteiger charge is 2.32. The number of methoxy groups -OCH3 is 1. The van der Waals surface area contributed by atoms with Crippen molar-refractivity contribution in [2.45, 2.75) is 38.8 Å². The van der Waals surface area contributed by atoms with Gasteiger partial charge in [-0.25, -0.2) is 0 Å². The van der Waals surface area contributed by atoms with Crippen LogP contribution in [0, 0.1) is 5.92 Å². The van der Waals surface area contributed by atoms with Gasteiger partial charge >= 0.3 is 0 Å². The van der Waals surface area contributed by atoms with Gasteiger partial charge in [0, 0.05) is 12.1 Å². The Morgan fingerprint density at radius 2 is 1.81 bits per heavy atom. The van der Waals surface area contributed by atoms with Crippen molar-refractivity contribution in [2.75, 3.05) is 7.11 Å². The molecule has 1 aliphatic carbocycles. The van der Waals surface area contributed by atoms with E-state index in [0.29, 0.717) is 12.1 Å². The van der Waals surface area contributed by atoms with Crippen LogP contribution < -0.4 is 10.1 Å². The van der Waals surface area contributed by atoms with Gasteiger partial charge < -0.3 is 10.1 Å². The van der Waals surface area contributed by atoms with Gasteiger partial charge in [-0.2, -0.15) is 0 Å². The molecular weight excluding hydrogens is 198 g/mol. The molecule has 0 heterocycles. The van der Waals surface area contributed by atoms with Crippen molar-refractivity contribution in [1.29, 1.82) is 0 Å². The van der Waals surface area contributed by atoms with E-state index in [0.717, 1.165) is 11.7 Å². The second-order valence-corrected chi connectivity index (χ2v) is 4.91. The monoisotopic (exact) mass is 219 g/mol. The van der Waals surface area contributed by atoms with Crippen LogP contribution in [-0.2, 0) is 0 Å². The molecule has 88 valence electrons. The minimum atomic E-state index is 0.519. The lowest BCUT2D eigenvalue weighted by Crippen LogP contribution is -2.29. The molecule has 1 saturated carbocycles. The van der Waals surface area contributed by atoms with Gasteiger partial charge in [-0.05, 0) is 36.5 Å². The van der Waals surface area contributed by atoms with E-state index in [1.54, 1.807) is 7.11 Å². The van der Waals surface area contributed by atoms with E-state index in [1.807, 2.05) is 12.1 Å². The maximum absolute atomic E-state index is 5.19.